The van der Waals surface area contributed by atoms with E-state index in [2.05, 4.69) is 21.1 Å². The summed E-state index contributed by atoms with van der Waals surface area (Å²) in [5.74, 6) is -15.6. The Morgan fingerprint density at radius 2 is 1.02 bits per heavy atom. The van der Waals surface area contributed by atoms with Crippen LogP contribution in [0.3, 0.4) is 0 Å². The van der Waals surface area contributed by atoms with Gasteiger partial charge >= 0.3 is 18.3 Å². The van der Waals surface area contributed by atoms with Crippen LogP contribution in [-0.2, 0) is 24.7 Å². The second kappa shape index (κ2) is 14.3. The van der Waals surface area contributed by atoms with Gasteiger partial charge in [0.2, 0.25) is 0 Å². The highest BCUT2D eigenvalue weighted by Gasteiger charge is 2.44. The molecule has 0 saturated heterocycles. The predicted octanol–water partition coefficient (Wildman–Crippen LogP) is 11.0. The maximum Gasteiger partial charge on any atom is 0.432 e. The van der Waals surface area contributed by atoms with E-state index in [0.29, 0.717) is 12.5 Å². The zero-order valence-corrected chi connectivity index (χ0v) is 24.6. The summed E-state index contributed by atoms with van der Waals surface area (Å²) in [7, 11) is 0. The van der Waals surface area contributed by atoms with E-state index >= 15 is 0 Å². The Morgan fingerprint density at radius 1 is 0.500 bits per heavy atom. The van der Waals surface area contributed by atoms with Gasteiger partial charge in [-0.2, -0.15) is 26.3 Å². The molecular weight excluding hydrogens is 672 g/mol. The Kier molecular flexibility index (Phi) is 10.8. The largest absolute Gasteiger partial charge is 0.432 e. The molecule has 0 aliphatic carbocycles. The number of alkyl halides is 6. The van der Waals surface area contributed by atoms with Gasteiger partial charge in [-0.1, -0.05) is 38.3 Å². The molecule has 0 fully saturated rings. The molecular formula is C33H24F12O3. The van der Waals surface area contributed by atoms with E-state index in [9.17, 15) is 52.7 Å². The molecule has 0 N–H and O–H groups in total. The van der Waals surface area contributed by atoms with Crippen molar-refractivity contribution in [3.63, 3.8) is 0 Å². The Labute approximate surface area is 265 Å². The minimum atomic E-state index is -5.03. The standard InChI is InChI=1S/C33H24F12O3/c1-2-3-4-5-6-18-7-10-20(11-8-18)46-31(40,41)19-9-12-23(24(34)13-19)32(42,43)47-21-14-25(35)29(26(36)15-21)33(44,45)48-22-16-27(37)30(39)28(38)17-22/h7-17H,2-6H2,1H3. The number of rotatable bonds is 14. The van der Waals surface area contributed by atoms with Crippen LogP contribution in [0.4, 0.5) is 52.7 Å². The number of benzene rings is 4. The molecule has 48 heavy (non-hydrogen) atoms. The second-order valence-corrected chi connectivity index (χ2v) is 10.5. The molecule has 0 aliphatic heterocycles. The molecule has 0 atom stereocenters. The highest BCUT2D eigenvalue weighted by Crippen LogP contribution is 2.41. The van der Waals surface area contributed by atoms with Crippen LogP contribution in [-0.4, -0.2) is 0 Å². The topological polar surface area (TPSA) is 27.7 Å². The van der Waals surface area contributed by atoms with Crippen LogP contribution < -0.4 is 14.2 Å². The Hall–Kier alpha value is -4.56. The summed E-state index contributed by atoms with van der Waals surface area (Å²) in [5.41, 5.74) is -4.20. The van der Waals surface area contributed by atoms with Gasteiger partial charge in [-0.15, -0.1) is 0 Å². The van der Waals surface area contributed by atoms with Crippen molar-refractivity contribution in [3.05, 3.63) is 124 Å². The van der Waals surface area contributed by atoms with E-state index in [4.69, 9.17) is 0 Å². The molecule has 0 radical (unpaired) electrons. The van der Waals surface area contributed by atoms with Crippen LogP contribution in [0.15, 0.2) is 66.7 Å². The molecule has 0 heterocycles. The van der Waals surface area contributed by atoms with Gasteiger partial charge in [-0.25, -0.2) is 26.3 Å². The first-order chi connectivity index (χ1) is 22.4. The lowest BCUT2D eigenvalue weighted by Gasteiger charge is -2.23. The molecule has 0 aliphatic rings. The average Bonchev–Trinajstić information content (AvgIpc) is 2.97. The normalized spacial score (nSPS) is 12.3. The van der Waals surface area contributed by atoms with Gasteiger partial charge in [0.15, 0.2) is 17.5 Å². The molecule has 0 amide bonds. The molecule has 0 aromatic heterocycles. The van der Waals surface area contributed by atoms with Gasteiger partial charge in [0.1, 0.15) is 40.3 Å². The molecule has 15 heteroatoms. The van der Waals surface area contributed by atoms with E-state index < -0.39 is 81.4 Å². The summed E-state index contributed by atoms with van der Waals surface area (Å²) in [4.78, 5) is 0. The summed E-state index contributed by atoms with van der Waals surface area (Å²) in [6, 6.07) is 5.86. The fourth-order valence-electron chi connectivity index (χ4n) is 4.50. The Bertz CT molecular complexity index is 1700. The van der Waals surface area contributed by atoms with Crippen LogP contribution >= 0.6 is 0 Å². The predicted molar refractivity (Wildman–Crippen MR) is 147 cm³/mol. The van der Waals surface area contributed by atoms with Crippen molar-refractivity contribution in [2.45, 2.75) is 57.4 Å². The van der Waals surface area contributed by atoms with Crippen molar-refractivity contribution in [2.24, 2.45) is 0 Å². The average molecular weight is 697 g/mol. The first-order valence-corrected chi connectivity index (χ1v) is 14.2. The number of halogens is 12. The zero-order chi connectivity index (χ0) is 35.4. The molecule has 0 unspecified atom stereocenters. The maximum atomic E-state index is 14.8. The minimum absolute atomic E-state index is 0.0258. The van der Waals surface area contributed by atoms with Gasteiger partial charge in [0, 0.05) is 24.3 Å². The van der Waals surface area contributed by atoms with E-state index in [-0.39, 0.29) is 42.1 Å². The van der Waals surface area contributed by atoms with E-state index in [1.165, 1.54) is 12.1 Å². The molecule has 0 spiro atoms. The monoisotopic (exact) mass is 696 g/mol. The van der Waals surface area contributed by atoms with Crippen LogP contribution in [0, 0.1) is 34.9 Å². The summed E-state index contributed by atoms with van der Waals surface area (Å²) < 4.78 is 185. The SMILES string of the molecule is CCCCCCc1ccc(OC(F)(F)c2ccc(C(F)(F)Oc3cc(F)c(C(F)(F)Oc4cc(F)c(F)c(F)c4)c(F)c3)c(F)c2)cc1. The van der Waals surface area contributed by atoms with E-state index in [0.717, 1.165) is 31.2 Å². The van der Waals surface area contributed by atoms with Crippen LogP contribution in [0.1, 0.15) is 54.9 Å². The van der Waals surface area contributed by atoms with Crippen molar-refractivity contribution in [1.82, 2.24) is 0 Å². The van der Waals surface area contributed by atoms with Crippen LogP contribution in [0.5, 0.6) is 17.2 Å². The molecule has 258 valence electrons. The van der Waals surface area contributed by atoms with Crippen molar-refractivity contribution >= 4 is 0 Å². The van der Waals surface area contributed by atoms with Crippen LogP contribution in [0.25, 0.3) is 0 Å². The Balaban J connectivity index is 1.48. The number of hydrogen-bond donors (Lipinski definition) is 0. The van der Waals surface area contributed by atoms with Crippen molar-refractivity contribution < 1.29 is 66.9 Å². The first-order valence-electron chi connectivity index (χ1n) is 14.2. The highest BCUT2D eigenvalue weighted by atomic mass is 19.3. The third-order valence-electron chi connectivity index (χ3n) is 6.86. The zero-order valence-electron chi connectivity index (χ0n) is 24.6. The third-order valence-corrected chi connectivity index (χ3v) is 6.86. The van der Waals surface area contributed by atoms with Gasteiger partial charge in [-0.05, 0) is 48.7 Å². The van der Waals surface area contributed by atoms with Crippen LogP contribution in [0.2, 0.25) is 0 Å². The van der Waals surface area contributed by atoms with Gasteiger partial charge in [0.05, 0.1) is 11.1 Å². The van der Waals surface area contributed by atoms with Gasteiger partial charge < -0.3 is 14.2 Å². The third kappa shape index (κ3) is 8.47. The molecule has 4 aromatic carbocycles. The smallest absolute Gasteiger partial charge is 0.429 e. The number of aryl methyl sites for hydroxylation is 1. The molecule has 0 bridgehead atoms. The van der Waals surface area contributed by atoms with E-state index in [1.807, 2.05) is 0 Å². The quantitative estimate of drug-likeness (QED) is 0.0746. The summed E-state index contributed by atoms with van der Waals surface area (Å²) in [5, 5.41) is 0. The summed E-state index contributed by atoms with van der Waals surface area (Å²) >= 11 is 0. The lowest BCUT2D eigenvalue weighted by Crippen LogP contribution is -2.27. The Morgan fingerprint density at radius 3 is 1.56 bits per heavy atom. The number of hydrogen-bond acceptors (Lipinski definition) is 3. The lowest BCUT2D eigenvalue weighted by atomic mass is 10.1. The summed E-state index contributed by atoms with van der Waals surface area (Å²) in [6.07, 6.45) is -9.31. The summed E-state index contributed by atoms with van der Waals surface area (Å²) in [6.45, 7) is 2.06. The number of unbranched alkanes of at least 4 members (excludes halogenated alkanes) is 3. The van der Waals surface area contributed by atoms with Crippen molar-refractivity contribution in [1.29, 1.82) is 0 Å². The molecule has 4 rings (SSSR count). The number of ether oxygens (including phenoxy) is 3. The fraction of sp³-hybridized carbons (Fsp3) is 0.273. The highest BCUT2D eigenvalue weighted by molar-refractivity contribution is 5.36. The maximum absolute atomic E-state index is 14.8. The minimum Gasteiger partial charge on any atom is -0.429 e. The fourth-order valence-corrected chi connectivity index (χ4v) is 4.50. The lowest BCUT2D eigenvalue weighted by molar-refractivity contribution is -0.192. The molecule has 3 nitrogen and oxygen atoms in total. The first kappa shape index (κ1) is 36.3. The van der Waals surface area contributed by atoms with Gasteiger partial charge in [-0.3, -0.25) is 0 Å². The van der Waals surface area contributed by atoms with Crippen molar-refractivity contribution in [2.75, 3.05) is 0 Å². The van der Waals surface area contributed by atoms with Gasteiger partial charge in [0.25, 0.3) is 0 Å². The molecule has 4 aromatic rings. The van der Waals surface area contributed by atoms with E-state index in [1.54, 1.807) is 12.1 Å². The van der Waals surface area contributed by atoms with Crippen molar-refractivity contribution in [3.8, 4) is 17.2 Å². The molecule has 0 saturated carbocycles. The second-order valence-electron chi connectivity index (χ2n) is 10.5.